The minimum absolute atomic E-state index is 0.0528. The lowest BCUT2D eigenvalue weighted by atomic mass is 10.3. The Morgan fingerprint density at radius 2 is 2.00 bits per heavy atom. The summed E-state index contributed by atoms with van der Waals surface area (Å²) in [4.78, 5) is 35.0. The summed E-state index contributed by atoms with van der Waals surface area (Å²) in [6, 6.07) is 1.75. The van der Waals surface area contributed by atoms with E-state index in [1.54, 1.807) is 6.07 Å². The third-order valence-electron chi connectivity index (χ3n) is 3.27. The maximum Gasteiger partial charge on any atom is 0.376 e. The predicted octanol–water partition coefficient (Wildman–Crippen LogP) is 0.322. The summed E-state index contributed by atoms with van der Waals surface area (Å²) < 4.78 is 4.61. The number of rotatable bonds is 3. The maximum atomic E-state index is 11.6. The first kappa shape index (κ1) is 14.2. The van der Waals surface area contributed by atoms with Crippen LogP contribution in [0.4, 0.5) is 5.82 Å². The summed E-state index contributed by atoms with van der Waals surface area (Å²) in [6.07, 6.45) is 2.07. The van der Waals surface area contributed by atoms with Gasteiger partial charge in [0.2, 0.25) is 11.7 Å². The largest absolute Gasteiger partial charge is 0.463 e. The van der Waals surface area contributed by atoms with Gasteiger partial charge in [-0.2, -0.15) is 0 Å². The Balaban J connectivity index is 2.03. The van der Waals surface area contributed by atoms with Gasteiger partial charge in [0.1, 0.15) is 5.82 Å². The number of carbonyl (C=O) groups excluding carboxylic acids is 2. The van der Waals surface area contributed by atoms with Crippen LogP contribution in [-0.4, -0.2) is 60.0 Å². The van der Waals surface area contributed by atoms with E-state index in [1.807, 2.05) is 16.7 Å². The molecule has 0 spiro atoms. The van der Waals surface area contributed by atoms with E-state index in [9.17, 15) is 9.59 Å². The van der Waals surface area contributed by atoms with Crippen LogP contribution in [0.5, 0.6) is 0 Å². The van der Waals surface area contributed by atoms with Gasteiger partial charge >= 0.3 is 5.97 Å². The number of piperazine rings is 1. The molecule has 1 aromatic rings. The molecule has 0 radical (unpaired) electrons. The van der Waals surface area contributed by atoms with Crippen molar-refractivity contribution in [3.05, 3.63) is 18.1 Å². The average molecular weight is 278 g/mol. The highest BCUT2D eigenvalue weighted by atomic mass is 16.5. The highest BCUT2D eigenvalue weighted by Crippen LogP contribution is 2.14. The second kappa shape index (κ2) is 6.31. The molecule has 0 saturated carbocycles. The van der Waals surface area contributed by atoms with E-state index < -0.39 is 5.97 Å². The van der Waals surface area contributed by atoms with Gasteiger partial charge in [0.05, 0.1) is 7.11 Å². The zero-order valence-electron chi connectivity index (χ0n) is 11.7. The van der Waals surface area contributed by atoms with Crippen molar-refractivity contribution in [2.45, 2.75) is 13.3 Å². The van der Waals surface area contributed by atoms with Crippen LogP contribution in [-0.2, 0) is 9.53 Å². The molecular formula is C13H18N4O3. The molecule has 1 aliphatic heterocycles. The Hall–Kier alpha value is -2.18. The summed E-state index contributed by atoms with van der Waals surface area (Å²) in [5.41, 5.74) is 0. The van der Waals surface area contributed by atoms with E-state index in [1.165, 1.54) is 13.3 Å². The first-order valence-corrected chi connectivity index (χ1v) is 6.59. The molecule has 1 fully saturated rings. The molecule has 1 aromatic heterocycles. The van der Waals surface area contributed by atoms with Gasteiger partial charge in [-0.25, -0.2) is 14.8 Å². The predicted molar refractivity (Wildman–Crippen MR) is 72.5 cm³/mol. The van der Waals surface area contributed by atoms with Crippen LogP contribution < -0.4 is 4.90 Å². The lowest BCUT2D eigenvalue weighted by Crippen LogP contribution is -2.49. The molecule has 1 amide bonds. The monoisotopic (exact) mass is 278 g/mol. The number of aromatic nitrogens is 2. The van der Waals surface area contributed by atoms with Gasteiger partial charge in [-0.1, -0.05) is 6.92 Å². The first-order chi connectivity index (χ1) is 9.65. The van der Waals surface area contributed by atoms with Crippen molar-refractivity contribution in [1.29, 1.82) is 0 Å². The molecular weight excluding hydrogens is 260 g/mol. The first-order valence-electron chi connectivity index (χ1n) is 6.59. The highest BCUT2D eigenvalue weighted by Gasteiger charge is 2.21. The molecule has 7 nitrogen and oxygen atoms in total. The molecule has 7 heteroatoms. The molecule has 0 N–H and O–H groups in total. The summed E-state index contributed by atoms with van der Waals surface area (Å²) in [5.74, 6) is 0.357. The Kier molecular flexibility index (Phi) is 4.49. The lowest BCUT2D eigenvalue weighted by molar-refractivity contribution is -0.131. The number of methoxy groups -OCH3 is 1. The number of anilines is 1. The second-order valence-corrected chi connectivity index (χ2v) is 4.45. The van der Waals surface area contributed by atoms with E-state index in [2.05, 4.69) is 14.7 Å². The molecule has 0 aliphatic carbocycles. The van der Waals surface area contributed by atoms with Crippen LogP contribution in [0.25, 0.3) is 0 Å². The van der Waals surface area contributed by atoms with Crippen LogP contribution >= 0.6 is 0 Å². The summed E-state index contributed by atoms with van der Waals surface area (Å²) >= 11 is 0. The van der Waals surface area contributed by atoms with E-state index >= 15 is 0 Å². The zero-order chi connectivity index (χ0) is 14.5. The van der Waals surface area contributed by atoms with Crippen molar-refractivity contribution in [3.8, 4) is 0 Å². The van der Waals surface area contributed by atoms with Crippen molar-refractivity contribution in [3.63, 3.8) is 0 Å². The molecule has 108 valence electrons. The van der Waals surface area contributed by atoms with Crippen LogP contribution in [0.15, 0.2) is 12.3 Å². The number of hydrogen-bond donors (Lipinski definition) is 0. The van der Waals surface area contributed by atoms with Crippen molar-refractivity contribution >= 4 is 17.7 Å². The SMILES string of the molecule is CCC(=O)N1CCN(c2ccnc(C(=O)OC)n2)CC1. The smallest absolute Gasteiger partial charge is 0.376 e. The molecule has 1 saturated heterocycles. The summed E-state index contributed by atoms with van der Waals surface area (Å²) in [5, 5.41) is 0. The summed E-state index contributed by atoms with van der Waals surface area (Å²) in [7, 11) is 1.30. The maximum absolute atomic E-state index is 11.6. The number of hydrogen-bond acceptors (Lipinski definition) is 6. The highest BCUT2D eigenvalue weighted by molar-refractivity contribution is 5.85. The normalized spacial score (nSPS) is 15.1. The van der Waals surface area contributed by atoms with Gasteiger partial charge in [0.25, 0.3) is 0 Å². The van der Waals surface area contributed by atoms with Gasteiger partial charge in [0, 0.05) is 38.8 Å². The Bertz CT molecular complexity index is 498. The Labute approximate surface area is 117 Å². The Morgan fingerprint density at radius 3 is 2.60 bits per heavy atom. The minimum atomic E-state index is -0.549. The minimum Gasteiger partial charge on any atom is -0.463 e. The molecule has 0 unspecified atom stereocenters. The molecule has 1 aliphatic rings. The van der Waals surface area contributed by atoms with Crippen molar-refractivity contribution < 1.29 is 14.3 Å². The van der Waals surface area contributed by atoms with Crippen LogP contribution in [0.2, 0.25) is 0 Å². The average Bonchev–Trinajstić information content (AvgIpc) is 2.53. The van der Waals surface area contributed by atoms with Gasteiger partial charge in [-0.3, -0.25) is 4.79 Å². The van der Waals surface area contributed by atoms with Crippen molar-refractivity contribution in [2.75, 3.05) is 38.2 Å². The van der Waals surface area contributed by atoms with E-state index in [0.717, 1.165) is 0 Å². The fourth-order valence-electron chi connectivity index (χ4n) is 2.12. The van der Waals surface area contributed by atoms with Gasteiger partial charge in [-0.15, -0.1) is 0 Å². The van der Waals surface area contributed by atoms with Crippen LogP contribution in [0, 0.1) is 0 Å². The van der Waals surface area contributed by atoms with Gasteiger partial charge in [-0.05, 0) is 6.07 Å². The number of nitrogens with zero attached hydrogens (tertiary/aromatic N) is 4. The van der Waals surface area contributed by atoms with Gasteiger partial charge < -0.3 is 14.5 Å². The third kappa shape index (κ3) is 3.04. The third-order valence-corrected chi connectivity index (χ3v) is 3.27. The van der Waals surface area contributed by atoms with Crippen LogP contribution in [0.3, 0.4) is 0 Å². The second-order valence-electron chi connectivity index (χ2n) is 4.45. The number of amides is 1. The fourth-order valence-corrected chi connectivity index (χ4v) is 2.12. The molecule has 20 heavy (non-hydrogen) atoms. The van der Waals surface area contributed by atoms with Crippen molar-refractivity contribution in [2.24, 2.45) is 0 Å². The Morgan fingerprint density at radius 1 is 1.30 bits per heavy atom. The molecule has 0 atom stereocenters. The van der Waals surface area contributed by atoms with Gasteiger partial charge in [0.15, 0.2) is 0 Å². The topological polar surface area (TPSA) is 75.6 Å². The van der Waals surface area contributed by atoms with Crippen LogP contribution in [0.1, 0.15) is 24.0 Å². The zero-order valence-corrected chi connectivity index (χ0v) is 11.7. The number of carbonyl (C=O) groups is 2. The quantitative estimate of drug-likeness (QED) is 0.741. The van der Waals surface area contributed by atoms with E-state index in [4.69, 9.17) is 0 Å². The standard InChI is InChI=1S/C13H18N4O3/c1-3-11(18)17-8-6-16(7-9-17)10-4-5-14-12(15-10)13(19)20-2/h4-5H,3,6-9H2,1-2H3. The van der Waals surface area contributed by atoms with Crippen molar-refractivity contribution in [1.82, 2.24) is 14.9 Å². The molecule has 0 bridgehead atoms. The number of esters is 1. The van der Waals surface area contributed by atoms with E-state index in [-0.39, 0.29) is 11.7 Å². The fraction of sp³-hybridized carbons (Fsp3) is 0.538. The molecule has 0 aromatic carbocycles. The lowest BCUT2D eigenvalue weighted by Gasteiger charge is -2.35. The summed E-state index contributed by atoms with van der Waals surface area (Å²) in [6.45, 7) is 4.60. The molecule has 2 rings (SSSR count). The molecule has 2 heterocycles. The van der Waals surface area contributed by atoms with E-state index in [0.29, 0.717) is 38.4 Å². The number of ether oxygens (including phenoxy) is 1.